The van der Waals surface area contributed by atoms with Crippen LogP contribution in [0.15, 0.2) is 18.2 Å². The second-order valence-electron chi connectivity index (χ2n) is 4.28. The molecule has 0 fully saturated rings. The average molecular weight is 229 g/mol. The lowest BCUT2D eigenvalue weighted by molar-refractivity contribution is 0.748. The third-order valence-corrected chi connectivity index (χ3v) is 4.88. The van der Waals surface area contributed by atoms with Crippen LogP contribution >= 0.6 is 18.5 Å². The molecule has 0 nitrogen and oxygen atoms in total. The zero-order chi connectivity index (χ0) is 10.7. The van der Waals surface area contributed by atoms with E-state index in [0.717, 1.165) is 6.16 Å². The molecule has 0 aliphatic rings. The van der Waals surface area contributed by atoms with Crippen molar-refractivity contribution in [3.63, 3.8) is 0 Å². The largest absolute Gasteiger partial charge is 0.0912 e. The molecule has 1 aromatic carbocycles. The number of aryl methyl sites for hydroxylation is 2. The Labute approximate surface area is 93.2 Å². The second-order valence-corrected chi connectivity index (χ2v) is 7.11. The Morgan fingerprint density at radius 3 is 2.07 bits per heavy atom. The molecule has 0 N–H and O–H groups in total. The van der Waals surface area contributed by atoms with Crippen molar-refractivity contribution in [3.05, 3.63) is 29.3 Å². The van der Waals surface area contributed by atoms with Gasteiger partial charge in [-0.05, 0) is 31.2 Å². The molecule has 14 heavy (non-hydrogen) atoms. The van der Waals surface area contributed by atoms with E-state index < -0.39 is 7.27 Å². The molecule has 1 atom stereocenters. The van der Waals surface area contributed by atoms with Crippen molar-refractivity contribution in [1.29, 1.82) is 0 Å². The molecule has 1 rings (SSSR count). The van der Waals surface area contributed by atoms with Gasteiger partial charge >= 0.3 is 0 Å². The number of hydrogen-bond acceptors (Lipinski definition) is 0. The van der Waals surface area contributed by atoms with Gasteiger partial charge in [0, 0.05) is 7.27 Å². The highest BCUT2D eigenvalue weighted by atomic mass is 35.7. The minimum absolute atomic E-state index is 0.475. The summed E-state index contributed by atoms with van der Waals surface area (Å²) in [7, 11) is -0.475. The summed E-state index contributed by atoms with van der Waals surface area (Å²) in [6, 6.07) is 6.63. The molecular formula is C12H18ClP. The predicted octanol–water partition coefficient (Wildman–Crippen LogP) is 4.22. The van der Waals surface area contributed by atoms with Gasteiger partial charge in [0.05, 0.1) is 0 Å². The predicted molar refractivity (Wildman–Crippen MR) is 68.0 cm³/mol. The fourth-order valence-electron chi connectivity index (χ4n) is 1.52. The molecule has 1 aromatic rings. The van der Waals surface area contributed by atoms with Gasteiger partial charge in [0.2, 0.25) is 0 Å². The lowest BCUT2D eigenvalue weighted by atomic mass is 10.2. The maximum absolute atomic E-state index is 6.41. The summed E-state index contributed by atoms with van der Waals surface area (Å²) in [6.07, 6.45) is 1.11. The van der Waals surface area contributed by atoms with Crippen molar-refractivity contribution in [2.45, 2.75) is 27.7 Å². The topological polar surface area (TPSA) is 0 Å². The summed E-state index contributed by atoms with van der Waals surface area (Å²) in [5, 5.41) is 1.33. The van der Waals surface area contributed by atoms with Crippen LogP contribution in [0.5, 0.6) is 0 Å². The van der Waals surface area contributed by atoms with Gasteiger partial charge in [-0.1, -0.05) is 54.4 Å². The fourth-order valence-corrected chi connectivity index (χ4v) is 4.18. The van der Waals surface area contributed by atoms with E-state index in [4.69, 9.17) is 11.2 Å². The molecule has 0 amide bonds. The van der Waals surface area contributed by atoms with Crippen LogP contribution in [0.2, 0.25) is 0 Å². The molecule has 78 valence electrons. The second kappa shape index (κ2) is 5.14. The highest BCUT2D eigenvalue weighted by Gasteiger charge is 2.10. The fraction of sp³-hybridized carbons (Fsp3) is 0.500. The Hall–Kier alpha value is -0.0600. The van der Waals surface area contributed by atoms with Crippen LogP contribution in [0.3, 0.4) is 0 Å². The number of rotatable bonds is 3. The minimum atomic E-state index is -0.475. The number of hydrogen-bond donors (Lipinski definition) is 0. The van der Waals surface area contributed by atoms with Gasteiger partial charge in [0.15, 0.2) is 0 Å². The molecular weight excluding hydrogens is 211 g/mol. The smallest absolute Gasteiger partial charge is 0.0215 e. The molecule has 0 radical (unpaired) electrons. The first kappa shape index (κ1) is 12.0. The van der Waals surface area contributed by atoms with E-state index in [1.807, 2.05) is 0 Å². The zero-order valence-electron chi connectivity index (χ0n) is 9.34. The molecule has 0 heterocycles. The third kappa shape index (κ3) is 3.59. The lowest BCUT2D eigenvalue weighted by Gasteiger charge is -2.13. The van der Waals surface area contributed by atoms with Crippen molar-refractivity contribution >= 4 is 23.8 Å². The van der Waals surface area contributed by atoms with Gasteiger partial charge in [-0.15, -0.1) is 0 Å². The van der Waals surface area contributed by atoms with Gasteiger partial charge in [-0.25, -0.2) is 0 Å². The Balaban J connectivity index is 2.84. The van der Waals surface area contributed by atoms with Gasteiger partial charge in [-0.3, -0.25) is 0 Å². The van der Waals surface area contributed by atoms with Crippen LogP contribution < -0.4 is 5.30 Å². The first-order chi connectivity index (χ1) is 6.49. The van der Waals surface area contributed by atoms with Gasteiger partial charge in [-0.2, -0.15) is 0 Å². The lowest BCUT2D eigenvalue weighted by Crippen LogP contribution is -2.04. The first-order valence-corrected chi connectivity index (χ1v) is 7.44. The SMILES string of the molecule is Cc1cc(C)cc(P(Cl)CC(C)C)c1. The quantitative estimate of drug-likeness (QED) is 0.680. The third-order valence-electron chi connectivity index (χ3n) is 2.01. The molecule has 0 aromatic heterocycles. The van der Waals surface area contributed by atoms with E-state index in [0.29, 0.717) is 5.92 Å². The molecule has 0 saturated carbocycles. The Kier molecular flexibility index (Phi) is 4.41. The minimum Gasteiger partial charge on any atom is -0.0912 e. The molecule has 0 saturated heterocycles. The number of benzene rings is 1. The average Bonchev–Trinajstić information content (AvgIpc) is 2.00. The summed E-state index contributed by atoms with van der Waals surface area (Å²) in [4.78, 5) is 0. The van der Waals surface area contributed by atoms with Crippen LogP contribution in [0.4, 0.5) is 0 Å². The summed E-state index contributed by atoms with van der Waals surface area (Å²) in [6.45, 7) is 8.71. The highest BCUT2D eigenvalue weighted by Crippen LogP contribution is 2.42. The maximum Gasteiger partial charge on any atom is 0.0215 e. The van der Waals surface area contributed by atoms with Crippen molar-refractivity contribution < 1.29 is 0 Å². The van der Waals surface area contributed by atoms with Crippen molar-refractivity contribution in [2.24, 2.45) is 5.92 Å². The van der Waals surface area contributed by atoms with Crippen LogP contribution in [-0.2, 0) is 0 Å². The normalized spacial score (nSPS) is 13.3. The summed E-state index contributed by atoms with van der Waals surface area (Å²) in [5.74, 6) is 0.680. The zero-order valence-corrected chi connectivity index (χ0v) is 11.0. The molecule has 2 heteroatoms. The van der Waals surface area contributed by atoms with Crippen molar-refractivity contribution in [3.8, 4) is 0 Å². The van der Waals surface area contributed by atoms with Crippen molar-refractivity contribution in [2.75, 3.05) is 6.16 Å². The standard InChI is InChI=1S/C12H18ClP/c1-9(2)8-14(13)12-6-10(3)5-11(4)7-12/h5-7,9H,8H2,1-4H3. The molecule has 0 bridgehead atoms. The first-order valence-electron chi connectivity index (χ1n) is 5.00. The van der Waals surface area contributed by atoms with E-state index in [2.05, 4.69) is 45.9 Å². The monoisotopic (exact) mass is 228 g/mol. The molecule has 0 spiro atoms. The molecule has 0 aliphatic carbocycles. The van der Waals surface area contributed by atoms with Gasteiger partial charge < -0.3 is 0 Å². The van der Waals surface area contributed by atoms with Crippen LogP contribution in [-0.4, -0.2) is 6.16 Å². The van der Waals surface area contributed by atoms with Crippen molar-refractivity contribution in [1.82, 2.24) is 0 Å². The van der Waals surface area contributed by atoms with Crippen LogP contribution in [0.1, 0.15) is 25.0 Å². The van der Waals surface area contributed by atoms with E-state index in [9.17, 15) is 0 Å². The van der Waals surface area contributed by atoms with E-state index in [1.54, 1.807) is 0 Å². The maximum atomic E-state index is 6.41. The van der Waals surface area contributed by atoms with Crippen LogP contribution in [0, 0.1) is 19.8 Å². The van der Waals surface area contributed by atoms with Crippen LogP contribution in [0.25, 0.3) is 0 Å². The Morgan fingerprint density at radius 1 is 1.14 bits per heavy atom. The Morgan fingerprint density at radius 2 is 1.64 bits per heavy atom. The molecule has 1 unspecified atom stereocenters. The van der Waals surface area contributed by atoms with E-state index >= 15 is 0 Å². The van der Waals surface area contributed by atoms with Gasteiger partial charge in [0.25, 0.3) is 0 Å². The van der Waals surface area contributed by atoms with E-state index in [1.165, 1.54) is 16.4 Å². The highest BCUT2D eigenvalue weighted by molar-refractivity contribution is 7.89. The van der Waals surface area contributed by atoms with Gasteiger partial charge in [0.1, 0.15) is 0 Å². The summed E-state index contributed by atoms with van der Waals surface area (Å²) in [5.41, 5.74) is 2.63. The number of halogens is 1. The Bertz CT molecular complexity index is 287. The summed E-state index contributed by atoms with van der Waals surface area (Å²) >= 11 is 6.41. The van der Waals surface area contributed by atoms with E-state index in [-0.39, 0.29) is 0 Å². The summed E-state index contributed by atoms with van der Waals surface area (Å²) < 4.78 is 0. The molecule has 0 aliphatic heterocycles.